The van der Waals surface area contributed by atoms with Gasteiger partial charge in [0, 0.05) is 24.0 Å². The van der Waals surface area contributed by atoms with Crippen LogP contribution in [0.25, 0.3) is 0 Å². The summed E-state index contributed by atoms with van der Waals surface area (Å²) in [5.74, 6) is -0.709. The summed E-state index contributed by atoms with van der Waals surface area (Å²) in [5, 5.41) is 14.9. The molecule has 2 aromatic rings. The molecule has 0 fully saturated rings. The van der Waals surface area contributed by atoms with Gasteiger partial charge >= 0.3 is 5.97 Å². The zero-order chi connectivity index (χ0) is 29.2. The zero-order valence-corrected chi connectivity index (χ0v) is 24.1. The Morgan fingerprint density at radius 3 is 2.12 bits per heavy atom. The maximum absolute atomic E-state index is 13.2. The molecule has 0 aliphatic carbocycles. The summed E-state index contributed by atoms with van der Waals surface area (Å²) in [5.41, 5.74) is 2.19. The minimum atomic E-state index is -0.632. The monoisotopic (exact) mass is 566 g/mol. The number of aliphatic hydroxyl groups is 1. The summed E-state index contributed by atoms with van der Waals surface area (Å²) >= 11 is 1.63. The summed E-state index contributed by atoms with van der Waals surface area (Å²) in [4.78, 5) is 38.7. The predicted octanol–water partition coefficient (Wildman–Crippen LogP) is 4.46. The van der Waals surface area contributed by atoms with E-state index in [0.29, 0.717) is 25.0 Å². The van der Waals surface area contributed by atoms with Crippen LogP contribution in [0.15, 0.2) is 86.0 Å². The normalized spacial score (nSPS) is 13.8. The Morgan fingerprint density at radius 2 is 1.52 bits per heavy atom. The van der Waals surface area contributed by atoms with Crippen LogP contribution in [0.5, 0.6) is 0 Å². The molecule has 0 heterocycles. The molecule has 0 bridgehead atoms. The van der Waals surface area contributed by atoms with Crippen molar-refractivity contribution in [3.8, 4) is 0 Å². The van der Waals surface area contributed by atoms with Gasteiger partial charge in [0.1, 0.15) is 6.61 Å². The average Bonchev–Trinajstić information content (AvgIpc) is 2.96. The molecule has 0 saturated carbocycles. The molecule has 0 aromatic heterocycles. The number of esters is 1. The number of allylic oxidation sites excluding steroid dienone is 2. The van der Waals surface area contributed by atoms with E-state index in [4.69, 9.17) is 4.74 Å². The lowest BCUT2D eigenvalue weighted by Crippen LogP contribution is -2.45. The molecular formula is C32H42N2O5S. The number of nitrogens with one attached hydrogen (secondary N) is 2. The van der Waals surface area contributed by atoms with Gasteiger partial charge in [-0.2, -0.15) is 11.8 Å². The summed E-state index contributed by atoms with van der Waals surface area (Å²) in [7, 11) is 0. The molecular weight excluding hydrogens is 524 g/mol. The minimum absolute atomic E-state index is 0.0172. The van der Waals surface area contributed by atoms with Crippen molar-refractivity contribution >= 4 is 29.5 Å². The SMILES string of the molecule is C=CC[C@@H](CC(=O)N[C@H](C)CO)C(=O)N[C@H](COC(=O)[C@H](CC=C)Cc1ccccc1)CSCc1ccccc1. The average molecular weight is 567 g/mol. The van der Waals surface area contributed by atoms with Gasteiger partial charge in [0.05, 0.1) is 24.5 Å². The lowest BCUT2D eigenvalue weighted by molar-refractivity contribution is -0.149. The summed E-state index contributed by atoms with van der Waals surface area (Å²) in [6, 6.07) is 18.9. The quantitative estimate of drug-likeness (QED) is 0.171. The third-order valence-electron chi connectivity index (χ3n) is 6.25. The third-order valence-corrected chi connectivity index (χ3v) is 7.42. The van der Waals surface area contributed by atoms with Gasteiger partial charge in [-0.1, -0.05) is 72.8 Å². The van der Waals surface area contributed by atoms with Crippen molar-refractivity contribution in [3.63, 3.8) is 0 Å². The Bertz CT molecular complexity index is 1060. The fourth-order valence-electron chi connectivity index (χ4n) is 4.09. The number of aliphatic hydroxyl groups excluding tert-OH is 1. The number of amides is 2. The largest absolute Gasteiger partial charge is 0.463 e. The van der Waals surface area contributed by atoms with E-state index in [1.54, 1.807) is 30.8 Å². The maximum Gasteiger partial charge on any atom is 0.309 e. The van der Waals surface area contributed by atoms with E-state index in [1.807, 2.05) is 60.7 Å². The third kappa shape index (κ3) is 12.7. The van der Waals surface area contributed by atoms with Crippen molar-refractivity contribution in [2.45, 2.75) is 50.4 Å². The van der Waals surface area contributed by atoms with Gasteiger partial charge < -0.3 is 20.5 Å². The molecule has 2 rings (SSSR count). The Morgan fingerprint density at radius 1 is 0.925 bits per heavy atom. The molecule has 0 unspecified atom stereocenters. The van der Waals surface area contributed by atoms with Crippen molar-refractivity contribution < 1.29 is 24.2 Å². The second-order valence-electron chi connectivity index (χ2n) is 9.82. The van der Waals surface area contributed by atoms with Gasteiger partial charge in [-0.3, -0.25) is 14.4 Å². The van der Waals surface area contributed by atoms with Gasteiger partial charge in [0.25, 0.3) is 0 Å². The molecule has 0 radical (unpaired) electrons. The van der Waals surface area contributed by atoms with Gasteiger partial charge in [0.15, 0.2) is 0 Å². The number of carbonyl (C=O) groups excluding carboxylic acids is 3. The van der Waals surface area contributed by atoms with Crippen LogP contribution in [-0.2, 0) is 31.3 Å². The minimum Gasteiger partial charge on any atom is -0.463 e. The standard InChI is InChI=1S/C32H42N2O5S/c1-4-12-27(19-30(36)33-24(3)20-35)31(37)34-29(23-40-22-26-16-10-7-11-17-26)21-39-32(38)28(13-5-2)18-25-14-8-6-9-15-25/h4-11,14-17,24,27-29,35H,1-2,12-13,18-23H2,3H3,(H,33,36)(H,34,37)/t24-,27+,28-,29-/m1/s1. The van der Waals surface area contributed by atoms with E-state index < -0.39 is 18.0 Å². The van der Waals surface area contributed by atoms with E-state index in [-0.39, 0.29) is 43.3 Å². The maximum atomic E-state index is 13.2. The van der Waals surface area contributed by atoms with Crippen LogP contribution in [0.4, 0.5) is 0 Å². The van der Waals surface area contributed by atoms with Gasteiger partial charge in [-0.15, -0.1) is 13.2 Å². The predicted molar refractivity (Wildman–Crippen MR) is 162 cm³/mol. The Kier molecular flexibility index (Phi) is 15.5. The molecule has 3 N–H and O–H groups in total. The first-order valence-corrected chi connectivity index (χ1v) is 14.8. The highest BCUT2D eigenvalue weighted by Crippen LogP contribution is 2.18. The van der Waals surface area contributed by atoms with Crippen LogP contribution in [0.1, 0.15) is 37.3 Å². The van der Waals surface area contributed by atoms with Crippen molar-refractivity contribution in [2.75, 3.05) is 19.0 Å². The highest BCUT2D eigenvalue weighted by molar-refractivity contribution is 7.98. The van der Waals surface area contributed by atoms with Gasteiger partial charge in [-0.05, 0) is 37.3 Å². The number of hydrogen-bond acceptors (Lipinski definition) is 6. The second-order valence-corrected chi connectivity index (χ2v) is 10.9. The summed E-state index contributed by atoms with van der Waals surface area (Å²) in [6.07, 6.45) is 4.62. The van der Waals surface area contributed by atoms with E-state index in [2.05, 4.69) is 23.8 Å². The smallest absolute Gasteiger partial charge is 0.309 e. The number of ether oxygens (including phenoxy) is 1. The first-order valence-electron chi connectivity index (χ1n) is 13.6. The summed E-state index contributed by atoms with van der Waals surface area (Å²) in [6.45, 7) is 9.03. The molecule has 216 valence electrons. The topological polar surface area (TPSA) is 105 Å². The first-order chi connectivity index (χ1) is 19.4. The van der Waals surface area contributed by atoms with Crippen molar-refractivity contribution in [3.05, 3.63) is 97.1 Å². The second kappa shape index (κ2) is 18.8. The molecule has 0 aliphatic rings. The van der Waals surface area contributed by atoms with Crippen molar-refractivity contribution in [1.29, 1.82) is 0 Å². The molecule has 4 atom stereocenters. The van der Waals surface area contributed by atoms with E-state index in [9.17, 15) is 19.5 Å². The molecule has 8 heteroatoms. The van der Waals surface area contributed by atoms with Crippen molar-refractivity contribution in [1.82, 2.24) is 10.6 Å². The van der Waals surface area contributed by atoms with Crippen molar-refractivity contribution in [2.24, 2.45) is 11.8 Å². The number of hydrogen-bond donors (Lipinski definition) is 3. The molecule has 2 aromatic carbocycles. The van der Waals surface area contributed by atoms with Crippen LogP contribution in [0, 0.1) is 11.8 Å². The van der Waals surface area contributed by atoms with E-state index in [0.717, 1.165) is 16.9 Å². The van der Waals surface area contributed by atoms with Gasteiger partial charge in [-0.25, -0.2) is 0 Å². The van der Waals surface area contributed by atoms with Crippen LogP contribution < -0.4 is 10.6 Å². The van der Waals surface area contributed by atoms with Gasteiger partial charge in [0.2, 0.25) is 11.8 Å². The highest BCUT2D eigenvalue weighted by atomic mass is 32.2. The van der Waals surface area contributed by atoms with Crippen LogP contribution in [0.2, 0.25) is 0 Å². The lowest BCUT2D eigenvalue weighted by Gasteiger charge is -2.23. The Hall–Kier alpha value is -3.36. The molecule has 2 amide bonds. The molecule has 0 spiro atoms. The summed E-state index contributed by atoms with van der Waals surface area (Å²) < 4.78 is 5.74. The zero-order valence-electron chi connectivity index (χ0n) is 23.3. The molecule has 40 heavy (non-hydrogen) atoms. The van der Waals surface area contributed by atoms with Crippen LogP contribution >= 0.6 is 11.8 Å². The number of thioether (sulfide) groups is 1. The molecule has 0 aliphatic heterocycles. The Labute approximate surface area is 242 Å². The number of rotatable bonds is 19. The van der Waals surface area contributed by atoms with E-state index >= 15 is 0 Å². The fraction of sp³-hybridized carbons (Fsp3) is 0.406. The van der Waals surface area contributed by atoms with E-state index in [1.165, 1.54) is 0 Å². The first kappa shape index (κ1) is 32.8. The fourth-order valence-corrected chi connectivity index (χ4v) is 5.10. The van der Waals surface area contributed by atoms with Crippen LogP contribution in [0.3, 0.4) is 0 Å². The number of carbonyl (C=O) groups is 3. The Balaban J connectivity index is 2.06. The highest BCUT2D eigenvalue weighted by Gasteiger charge is 2.26. The molecule has 0 saturated heterocycles. The molecule has 7 nitrogen and oxygen atoms in total. The lowest BCUT2D eigenvalue weighted by atomic mass is 9.96. The van der Waals surface area contributed by atoms with Crippen LogP contribution in [-0.4, -0.2) is 53.9 Å². The number of benzene rings is 2.